The summed E-state index contributed by atoms with van der Waals surface area (Å²) in [6, 6.07) is 16.9. The van der Waals surface area contributed by atoms with Crippen molar-refractivity contribution < 1.29 is 9.53 Å². The lowest BCUT2D eigenvalue weighted by Gasteiger charge is -2.09. The Morgan fingerprint density at radius 3 is 2.32 bits per heavy atom. The molecule has 0 aliphatic rings. The molecule has 0 saturated carbocycles. The Balaban J connectivity index is 1.69. The molecule has 0 bridgehead atoms. The van der Waals surface area contributed by atoms with Crippen molar-refractivity contribution in [3.8, 4) is 17.2 Å². The number of carbonyl (C=O) groups excluding carboxylic acids is 1. The van der Waals surface area contributed by atoms with E-state index in [1.807, 2.05) is 56.3 Å². The van der Waals surface area contributed by atoms with E-state index in [-0.39, 0.29) is 23.5 Å². The number of hydrogen-bond donors (Lipinski definition) is 2. The van der Waals surface area contributed by atoms with Crippen LogP contribution in [0.5, 0.6) is 0 Å². The van der Waals surface area contributed by atoms with Crippen LogP contribution in [0.3, 0.4) is 0 Å². The molecule has 8 heteroatoms. The lowest BCUT2D eigenvalue weighted by Crippen LogP contribution is -2.11. The number of rotatable bonds is 6. The molecule has 0 atom stereocenters. The van der Waals surface area contributed by atoms with Gasteiger partial charge in [-0.05, 0) is 54.5 Å². The van der Waals surface area contributed by atoms with E-state index in [0.29, 0.717) is 5.56 Å². The number of nitrogens with zero attached hydrogens (tertiary/aromatic N) is 4. The van der Waals surface area contributed by atoms with Crippen LogP contribution in [0.1, 0.15) is 30.0 Å². The number of esters is 1. The van der Waals surface area contributed by atoms with Crippen LogP contribution in [-0.4, -0.2) is 32.7 Å². The highest BCUT2D eigenvalue weighted by Crippen LogP contribution is 2.22. The number of H-pyrrole nitrogens is 1. The quantitative estimate of drug-likeness (QED) is 0.501. The van der Waals surface area contributed by atoms with E-state index < -0.39 is 0 Å². The van der Waals surface area contributed by atoms with Gasteiger partial charge in [0.25, 0.3) is 0 Å². The number of anilines is 1. The molecule has 0 radical (unpaired) electrons. The lowest BCUT2D eigenvalue weighted by atomic mass is 10.0. The van der Waals surface area contributed by atoms with Crippen molar-refractivity contribution in [2.45, 2.75) is 20.0 Å². The van der Waals surface area contributed by atoms with E-state index in [9.17, 15) is 4.79 Å². The number of hydrogen-bond acceptors (Lipinski definition) is 7. The average molecular weight is 374 g/mol. The summed E-state index contributed by atoms with van der Waals surface area (Å²) in [6.45, 7) is 3.64. The first-order valence-corrected chi connectivity index (χ1v) is 8.59. The number of aromatic amines is 1. The van der Waals surface area contributed by atoms with E-state index in [4.69, 9.17) is 10.00 Å². The molecule has 0 amide bonds. The molecule has 1 aromatic heterocycles. The van der Waals surface area contributed by atoms with Crippen LogP contribution in [0.25, 0.3) is 16.7 Å². The molecule has 0 aliphatic heterocycles. The molecular weight excluding hydrogens is 356 g/mol. The van der Waals surface area contributed by atoms with E-state index in [1.165, 1.54) is 6.20 Å². The molecule has 28 heavy (non-hydrogen) atoms. The molecule has 140 valence electrons. The fourth-order valence-electron chi connectivity index (χ4n) is 2.42. The Labute approximate surface area is 161 Å². The smallest absolute Gasteiger partial charge is 0.338 e. The van der Waals surface area contributed by atoms with Gasteiger partial charge < -0.3 is 10.1 Å². The molecule has 2 N–H and O–H groups in total. The van der Waals surface area contributed by atoms with Gasteiger partial charge in [-0.25, -0.2) is 4.79 Å². The van der Waals surface area contributed by atoms with Gasteiger partial charge in [0.1, 0.15) is 11.6 Å². The van der Waals surface area contributed by atoms with Crippen LogP contribution in [0.15, 0.2) is 54.7 Å². The highest BCUT2D eigenvalue weighted by molar-refractivity contribution is 5.90. The van der Waals surface area contributed by atoms with Gasteiger partial charge in [0.05, 0.1) is 11.7 Å². The standard InChI is InChI=1S/C20H18N6O2/c1-13(2)28-20(27)16-5-3-14(4-6-16)15-7-9-18(10-8-15)22-12-17(11-21)19-23-25-26-24-19/h3-10,12-13,22H,1-2H3,(H,23,24,25,26). The molecule has 0 unspecified atom stereocenters. The van der Waals surface area contributed by atoms with Gasteiger partial charge in [-0.3, -0.25) is 0 Å². The van der Waals surface area contributed by atoms with Crippen LogP contribution in [-0.2, 0) is 4.74 Å². The molecule has 8 nitrogen and oxygen atoms in total. The number of ether oxygens (including phenoxy) is 1. The van der Waals surface area contributed by atoms with E-state index in [2.05, 4.69) is 25.9 Å². The van der Waals surface area contributed by atoms with Gasteiger partial charge in [0.2, 0.25) is 5.82 Å². The van der Waals surface area contributed by atoms with Crippen LogP contribution in [0.2, 0.25) is 0 Å². The first-order valence-electron chi connectivity index (χ1n) is 8.59. The fraction of sp³-hybridized carbons (Fsp3) is 0.150. The van der Waals surface area contributed by atoms with Crippen molar-refractivity contribution >= 4 is 17.2 Å². The van der Waals surface area contributed by atoms with Crippen LogP contribution in [0, 0.1) is 11.3 Å². The summed E-state index contributed by atoms with van der Waals surface area (Å²) in [5, 5.41) is 25.5. The number of nitrogens with one attached hydrogen (secondary N) is 2. The zero-order chi connectivity index (χ0) is 19.9. The first-order chi connectivity index (χ1) is 13.6. The van der Waals surface area contributed by atoms with E-state index in [0.717, 1.165) is 16.8 Å². The SMILES string of the molecule is CC(C)OC(=O)c1ccc(-c2ccc(NC=C(C#N)c3nn[nH]n3)cc2)cc1. The topological polar surface area (TPSA) is 117 Å². The van der Waals surface area contributed by atoms with E-state index >= 15 is 0 Å². The highest BCUT2D eigenvalue weighted by atomic mass is 16.5. The van der Waals surface area contributed by atoms with E-state index in [1.54, 1.807) is 12.1 Å². The second kappa shape index (κ2) is 8.60. The number of aromatic nitrogens is 4. The van der Waals surface area contributed by atoms with Gasteiger partial charge >= 0.3 is 5.97 Å². The summed E-state index contributed by atoms with van der Waals surface area (Å²) in [6.07, 6.45) is 1.37. The molecule has 3 aromatic rings. The van der Waals surface area contributed by atoms with Gasteiger partial charge in [-0.1, -0.05) is 24.3 Å². The third-order valence-corrected chi connectivity index (χ3v) is 3.77. The van der Waals surface area contributed by atoms with Crippen molar-refractivity contribution in [2.75, 3.05) is 5.32 Å². The van der Waals surface area contributed by atoms with Gasteiger partial charge in [0, 0.05) is 11.9 Å². The monoisotopic (exact) mass is 374 g/mol. The number of nitriles is 1. The predicted molar refractivity (Wildman–Crippen MR) is 104 cm³/mol. The zero-order valence-corrected chi connectivity index (χ0v) is 15.4. The normalized spacial score (nSPS) is 11.1. The summed E-state index contributed by atoms with van der Waals surface area (Å²) >= 11 is 0. The minimum Gasteiger partial charge on any atom is -0.459 e. The molecule has 0 fully saturated rings. The molecule has 0 saturated heterocycles. The third kappa shape index (κ3) is 4.59. The first kappa shape index (κ1) is 18.8. The Morgan fingerprint density at radius 2 is 1.79 bits per heavy atom. The van der Waals surface area contributed by atoms with Crippen molar-refractivity contribution in [1.82, 2.24) is 20.6 Å². The van der Waals surface area contributed by atoms with Crippen LogP contribution in [0.4, 0.5) is 5.69 Å². The highest BCUT2D eigenvalue weighted by Gasteiger charge is 2.09. The van der Waals surface area contributed by atoms with Crippen molar-refractivity contribution in [3.05, 3.63) is 66.1 Å². The Kier molecular flexibility index (Phi) is 5.77. The Morgan fingerprint density at radius 1 is 1.14 bits per heavy atom. The van der Waals surface area contributed by atoms with Crippen molar-refractivity contribution in [2.24, 2.45) is 0 Å². The van der Waals surface area contributed by atoms with Gasteiger partial charge in [0.15, 0.2) is 0 Å². The molecule has 1 heterocycles. The summed E-state index contributed by atoms with van der Waals surface area (Å²) in [7, 11) is 0. The number of benzene rings is 2. The summed E-state index contributed by atoms with van der Waals surface area (Å²) < 4.78 is 5.19. The Hall–Kier alpha value is -3.99. The summed E-state index contributed by atoms with van der Waals surface area (Å²) in [5.41, 5.74) is 3.56. The molecular formula is C20H18N6O2. The molecule has 2 aromatic carbocycles. The van der Waals surface area contributed by atoms with Crippen molar-refractivity contribution in [3.63, 3.8) is 0 Å². The second-order valence-electron chi connectivity index (χ2n) is 6.16. The maximum absolute atomic E-state index is 11.9. The zero-order valence-electron chi connectivity index (χ0n) is 15.4. The van der Waals surface area contributed by atoms with Crippen molar-refractivity contribution in [1.29, 1.82) is 5.26 Å². The van der Waals surface area contributed by atoms with Gasteiger partial charge in [-0.2, -0.15) is 10.5 Å². The summed E-state index contributed by atoms with van der Waals surface area (Å²) in [5.74, 6) is -0.106. The number of tetrazole rings is 1. The fourth-order valence-corrected chi connectivity index (χ4v) is 2.42. The lowest BCUT2D eigenvalue weighted by molar-refractivity contribution is 0.0378. The summed E-state index contributed by atoms with van der Waals surface area (Å²) in [4.78, 5) is 11.9. The van der Waals surface area contributed by atoms with Crippen LogP contribution < -0.4 is 5.32 Å². The second-order valence-corrected chi connectivity index (χ2v) is 6.16. The predicted octanol–water partition coefficient (Wildman–Crippen LogP) is 3.41. The minimum atomic E-state index is -0.331. The van der Waals surface area contributed by atoms with Crippen LogP contribution >= 0.6 is 0 Å². The maximum Gasteiger partial charge on any atom is 0.338 e. The molecule has 0 spiro atoms. The maximum atomic E-state index is 11.9. The number of allylic oxidation sites excluding steroid dienone is 1. The van der Waals surface area contributed by atoms with Gasteiger partial charge in [-0.15, -0.1) is 10.2 Å². The minimum absolute atomic E-state index is 0.150. The molecule has 3 rings (SSSR count). The Bertz CT molecular complexity index is 1000. The number of carbonyl (C=O) groups is 1. The largest absolute Gasteiger partial charge is 0.459 e. The molecule has 0 aliphatic carbocycles. The third-order valence-electron chi connectivity index (χ3n) is 3.77. The average Bonchev–Trinajstić information content (AvgIpc) is 3.23.